The van der Waals surface area contributed by atoms with Crippen LogP contribution >= 0.6 is 11.3 Å². The lowest BCUT2D eigenvalue weighted by atomic mass is 9.91. The zero-order chi connectivity index (χ0) is 16.6. The molecule has 1 spiro atoms. The molecule has 2 aliphatic carbocycles. The van der Waals surface area contributed by atoms with E-state index in [2.05, 4.69) is 29.5 Å². The number of para-hydroxylation sites is 1. The fourth-order valence-corrected chi connectivity index (χ4v) is 4.14. The Labute approximate surface area is 147 Å². The molecule has 2 aromatic rings. The monoisotopic (exact) mass is 339 g/mol. The van der Waals surface area contributed by atoms with E-state index in [0.717, 1.165) is 29.1 Å². The zero-order valence-electron chi connectivity index (χ0n) is 14.3. The van der Waals surface area contributed by atoms with Gasteiger partial charge in [-0.2, -0.15) is 0 Å². The number of fused-ring (bicyclic) bond motifs is 1. The number of hydrogen-bond donors (Lipinski definition) is 2. The van der Waals surface area contributed by atoms with Gasteiger partial charge >= 0.3 is 0 Å². The molecule has 2 saturated carbocycles. The molecule has 1 aromatic carbocycles. The minimum Gasteiger partial charge on any atom is -0.396 e. The first kappa shape index (κ1) is 15.7. The van der Waals surface area contributed by atoms with Crippen molar-refractivity contribution in [3.05, 3.63) is 46.6 Å². The summed E-state index contributed by atoms with van der Waals surface area (Å²) in [5, 5.41) is 4.45. The van der Waals surface area contributed by atoms with E-state index in [1.54, 1.807) is 11.3 Å². The highest BCUT2D eigenvalue weighted by Crippen LogP contribution is 2.42. The van der Waals surface area contributed by atoms with Crippen LogP contribution in [0.5, 0.6) is 0 Å². The molecule has 1 aliphatic heterocycles. The molecule has 5 rings (SSSR count). The van der Waals surface area contributed by atoms with Crippen molar-refractivity contribution in [2.24, 2.45) is 5.73 Å². The molecule has 3 aliphatic rings. The van der Waals surface area contributed by atoms with Gasteiger partial charge in [-0.05, 0) is 75.8 Å². The third-order valence-electron chi connectivity index (χ3n) is 5.34. The van der Waals surface area contributed by atoms with Crippen molar-refractivity contribution in [3.63, 3.8) is 0 Å². The summed E-state index contributed by atoms with van der Waals surface area (Å²) in [6, 6.07) is 8.18. The van der Waals surface area contributed by atoms with Gasteiger partial charge in [0, 0.05) is 5.54 Å². The first-order valence-corrected chi connectivity index (χ1v) is 9.74. The van der Waals surface area contributed by atoms with E-state index in [9.17, 15) is 0 Å². The highest BCUT2D eigenvalue weighted by molar-refractivity contribution is 7.19. The molecule has 24 heavy (non-hydrogen) atoms. The van der Waals surface area contributed by atoms with Crippen LogP contribution in [0.1, 0.15) is 56.9 Å². The topological polar surface area (TPSA) is 50.9 Å². The molecular formula is C20H25N3S. The van der Waals surface area contributed by atoms with Crippen molar-refractivity contribution in [1.29, 1.82) is 0 Å². The maximum Gasteiger partial charge on any atom is 0.140 e. The maximum atomic E-state index is 6.09. The van der Waals surface area contributed by atoms with Crippen LogP contribution in [-0.4, -0.2) is 10.5 Å². The Morgan fingerprint density at radius 3 is 2.54 bits per heavy atom. The number of allylic oxidation sites excluding steroid dienone is 2. The summed E-state index contributed by atoms with van der Waals surface area (Å²) in [6.45, 7) is 2.20. The van der Waals surface area contributed by atoms with E-state index in [1.807, 2.05) is 18.2 Å². The number of nitrogens with one attached hydrogen (secondary N) is 1. The zero-order valence-corrected chi connectivity index (χ0v) is 15.1. The van der Waals surface area contributed by atoms with E-state index in [1.165, 1.54) is 48.0 Å². The molecule has 3 N–H and O–H groups in total. The van der Waals surface area contributed by atoms with Gasteiger partial charge in [0.25, 0.3) is 0 Å². The minimum absolute atomic E-state index is 0.583. The summed E-state index contributed by atoms with van der Waals surface area (Å²) in [4.78, 5) is 4.55. The highest BCUT2D eigenvalue weighted by Gasteiger charge is 2.42. The summed E-state index contributed by atoms with van der Waals surface area (Å²) in [5.41, 5.74) is 11.5. The molecule has 3 nitrogen and oxygen atoms in total. The second kappa shape index (κ2) is 6.25. The quantitative estimate of drug-likeness (QED) is 0.772. The SMILES string of the molecule is CC1=CNC2(CC1)CC2.NC(=C1CCC1)c1nc2ccccc2s1. The average molecular weight is 340 g/mol. The van der Waals surface area contributed by atoms with Crippen LogP contribution in [0, 0.1) is 0 Å². The Hall–Kier alpha value is -1.81. The first-order chi connectivity index (χ1) is 11.7. The molecule has 0 amide bonds. The molecule has 0 unspecified atom stereocenters. The molecule has 0 radical (unpaired) electrons. The van der Waals surface area contributed by atoms with Crippen LogP contribution in [0.15, 0.2) is 41.6 Å². The van der Waals surface area contributed by atoms with Crippen LogP contribution in [0.3, 0.4) is 0 Å². The smallest absolute Gasteiger partial charge is 0.140 e. The normalized spacial score (nSPS) is 20.5. The predicted octanol–water partition coefficient (Wildman–Crippen LogP) is 4.96. The van der Waals surface area contributed by atoms with Gasteiger partial charge in [-0.15, -0.1) is 11.3 Å². The molecule has 1 aromatic heterocycles. The first-order valence-electron chi connectivity index (χ1n) is 8.92. The van der Waals surface area contributed by atoms with Crippen molar-refractivity contribution in [3.8, 4) is 0 Å². The van der Waals surface area contributed by atoms with E-state index in [0.29, 0.717) is 5.54 Å². The molecule has 0 saturated heterocycles. The Kier molecular flexibility index (Phi) is 4.09. The lowest BCUT2D eigenvalue weighted by Crippen LogP contribution is -2.29. The van der Waals surface area contributed by atoms with Crippen LogP contribution in [0.25, 0.3) is 15.9 Å². The lowest BCUT2D eigenvalue weighted by molar-refractivity contribution is 0.500. The molecule has 4 heteroatoms. The Morgan fingerprint density at radius 2 is 1.96 bits per heavy atom. The minimum atomic E-state index is 0.583. The lowest BCUT2D eigenvalue weighted by Gasteiger charge is -2.21. The standard InChI is InChI=1S/C12H12N2S.C8H13N/c13-11(8-4-3-5-8)12-14-9-6-1-2-7-10(9)15-12;1-7-2-3-8(4-5-8)9-6-7/h1-2,6-7H,3-5,13H2;6,9H,2-5H2,1H3. The molecule has 0 bridgehead atoms. The van der Waals surface area contributed by atoms with Crippen molar-refractivity contribution in [1.82, 2.24) is 10.3 Å². The van der Waals surface area contributed by atoms with Crippen LogP contribution in [-0.2, 0) is 0 Å². The van der Waals surface area contributed by atoms with Crippen LogP contribution < -0.4 is 11.1 Å². The van der Waals surface area contributed by atoms with Gasteiger partial charge in [-0.1, -0.05) is 17.7 Å². The van der Waals surface area contributed by atoms with Gasteiger partial charge in [-0.3, -0.25) is 0 Å². The maximum absolute atomic E-state index is 6.09. The van der Waals surface area contributed by atoms with Crippen molar-refractivity contribution < 1.29 is 0 Å². The Morgan fingerprint density at radius 1 is 1.17 bits per heavy atom. The largest absolute Gasteiger partial charge is 0.396 e. The van der Waals surface area contributed by atoms with Crippen molar-refractivity contribution in [2.75, 3.05) is 0 Å². The Balaban J connectivity index is 0.000000138. The fourth-order valence-electron chi connectivity index (χ4n) is 3.16. The van der Waals surface area contributed by atoms with E-state index >= 15 is 0 Å². The van der Waals surface area contributed by atoms with E-state index in [4.69, 9.17) is 5.73 Å². The summed E-state index contributed by atoms with van der Waals surface area (Å²) in [6.07, 6.45) is 11.3. The number of aromatic nitrogens is 1. The van der Waals surface area contributed by atoms with E-state index in [-0.39, 0.29) is 0 Å². The number of benzene rings is 1. The summed E-state index contributed by atoms with van der Waals surface area (Å²) >= 11 is 1.69. The average Bonchev–Trinajstić information content (AvgIpc) is 3.15. The highest BCUT2D eigenvalue weighted by atomic mass is 32.1. The summed E-state index contributed by atoms with van der Waals surface area (Å²) < 4.78 is 1.22. The predicted molar refractivity (Wildman–Crippen MR) is 103 cm³/mol. The number of hydrogen-bond acceptors (Lipinski definition) is 4. The number of nitrogens with zero attached hydrogens (tertiary/aromatic N) is 1. The van der Waals surface area contributed by atoms with Crippen LogP contribution in [0.2, 0.25) is 0 Å². The van der Waals surface area contributed by atoms with Gasteiger partial charge in [0.15, 0.2) is 0 Å². The molecular weight excluding hydrogens is 314 g/mol. The van der Waals surface area contributed by atoms with Crippen molar-refractivity contribution in [2.45, 2.75) is 57.4 Å². The van der Waals surface area contributed by atoms with Gasteiger partial charge in [0.1, 0.15) is 5.01 Å². The van der Waals surface area contributed by atoms with Gasteiger partial charge in [0.05, 0.1) is 15.9 Å². The second-order valence-corrected chi connectivity index (χ2v) is 8.30. The number of rotatable bonds is 1. The third-order valence-corrected chi connectivity index (χ3v) is 6.41. The van der Waals surface area contributed by atoms with Gasteiger partial charge in [-0.25, -0.2) is 4.98 Å². The number of thiazole rings is 1. The number of nitrogens with two attached hydrogens (primary N) is 1. The molecule has 2 fully saturated rings. The second-order valence-electron chi connectivity index (χ2n) is 7.27. The van der Waals surface area contributed by atoms with E-state index < -0.39 is 0 Å². The summed E-state index contributed by atoms with van der Waals surface area (Å²) in [5.74, 6) is 0. The van der Waals surface area contributed by atoms with Crippen molar-refractivity contribution >= 4 is 27.3 Å². The van der Waals surface area contributed by atoms with Gasteiger partial charge < -0.3 is 11.1 Å². The Bertz CT molecular complexity index is 772. The molecule has 126 valence electrons. The fraction of sp³-hybridized carbons (Fsp3) is 0.450. The van der Waals surface area contributed by atoms with Gasteiger partial charge in [0.2, 0.25) is 0 Å². The van der Waals surface area contributed by atoms with Crippen LogP contribution in [0.4, 0.5) is 0 Å². The summed E-state index contributed by atoms with van der Waals surface area (Å²) in [7, 11) is 0. The molecule has 0 atom stereocenters. The third kappa shape index (κ3) is 3.20. The molecule has 2 heterocycles.